The van der Waals surface area contributed by atoms with Gasteiger partial charge in [-0.3, -0.25) is 9.78 Å². The van der Waals surface area contributed by atoms with Crippen LogP contribution < -0.4 is 10.6 Å². The number of halogens is 3. The summed E-state index contributed by atoms with van der Waals surface area (Å²) >= 11 is 0. The molecule has 0 radical (unpaired) electrons. The number of carbonyl (C=O) groups is 1. The lowest BCUT2D eigenvalue weighted by Gasteiger charge is -2.27. The second-order valence-corrected chi connectivity index (χ2v) is 10.1. The fourth-order valence-corrected chi connectivity index (χ4v) is 5.78. The molecule has 0 aromatic carbocycles. The molecule has 3 aliphatic carbocycles. The smallest absolute Gasteiger partial charge is 0.418 e. The molecule has 5 rings (SSSR count). The van der Waals surface area contributed by atoms with Crippen molar-refractivity contribution in [3.63, 3.8) is 0 Å². The third-order valence-electron chi connectivity index (χ3n) is 7.53. The highest BCUT2D eigenvalue weighted by Gasteiger charge is 2.37. The van der Waals surface area contributed by atoms with E-state index in [9.17, 15) is 23.1 Å². The number of ether oxygens (including phenoxy) is 1. The topological polar surface area (TPSA) is 75.2 Å². The summed E-state index contributed by atoms with van der Waals surface area (Å²) in [7, 11) is 0. The van der Waals surface area contributed by atoms with Crippen LogP contribution in [0.3, 0.4) is 0 Å². The van der Waals surface area contributed by atoms with Crippen LogP contribution in [0.4, 0.5) is 13.2 Å². The van der Waals surface area contributed by atoms with Gasteiger partial charge in [0.1, 0.15) is 0 Å². The molecular weight excluding hydrogens is 445 g/mol. The zero-order chi connectivity index (χ0) is 24.1. The average Bonchev–Trinajstić information content (AvgIpc) is 3.50. The highest BCUT2D eigenvalue weighted by molar-refractivity contribution is 5.68. The molecule has 2 aromatic heterocycles. The largest absolute Gasteiger partial charge is 0.481 e. The number of H-pyrrole nitrogens is 1. The van der Waals surface area contributed by atoms with Gasteiger partial charge in [-0.2, -0.15) is 13.2 Å². The van der Waals surface area contributed by atoms with Gasteiger partial charge in [0.15, 0.2) is 0 Å². The predicted molar refractivity (Wildman–Crippen MR) is 121 cm³/mol. The summed E-state index contributed by atoms with van der Waals surface area (Å²) in [5, 5.41) is 11.2. The van der Waals surface area contributed by atoms with Gasteiger partial charge in [-0.05, 0) is 55.9 Å². The molecule has 1 saturated carbocycles. The Kier molecular flexibility index (Phi) is 5.82. The van der Waals surface area contributed by atoms with Crippen molar-refractivity contribution in [2.45, 2.75) is 88.5 Å². The SMILES string of the molecule is CC1(OCc2cnc(C3CCCC3)c(C(F)(F)F)c2)C=c2c3c([nH]c2=CC1)C(CC(=O)O)CC3. The van der Waals surface area contributed by atoms with Crippen LogP contribution in [-0.4, -0.2) is 26.6 Å². The van der Waals surface area contributed by atoms with Gasteiger partial charge in [0.05, 0.1) is 29.9 Å². The average molecular weight is 475 g/mol. The minimum atomic E-state index is -4.44. The molecule has 182 valence electrons. The third-order valence-corrected chi connectivity index (χ3v) is 7.53. The quantitative estimate of drug-likeness (QED) is 0.645. The molecule has 2 aromatic rings. The lowest BCUT2D eigenvalue weighted by Crippen LogP contribution is -2.38. The maximum Gasteiger partial charge on any atom is 0.418 e. The van der Waals surface area contributed by atoms with Crippen molar-refractivity contribution in [3.05, 3.63) is 50.9 Å². The van der Waals surface area contributed by atoms with Crippen molar-refractivity contribution in [1.29, 1.82) is 0 Å². The number of rotatable bonds is 6. The summed E-state index contributed by atoms with van der Waals surface area (Å²) in [6.07, 6.45) is 6.83. The number of aromatic amines is 1. The molecule has 0 amide bonds. The van der Waals surface area contributed by atoms with Crippen LogP contribution in [0.5, 0.6) is 0 Å². The van der Waals surface area contributed by atoms with Crippen LogP contribution in [0.1, 0.15) is 91.8 Å². The summed E-state index contributed by atoms with van der Waals surface area (Å²) in [6.45, 7) is 1.96. The van der Waals surface area contributed by atoms with Crippen LogP contribution in [0.25, 0.3) is 12.2 Å². The molecule has 0 bridgehead atoms. The number of aromatic nitrogens is 2. The van der Waals surface area contributed by atoms with Gasteiger partial charge in [0, 0.05) is 40.7 Å². The minimum Gasteiger partial charge on any atom is -0.481 e. The number of fused-ring (bicyclic) bond motifs is 3. The number of alkyl halides is 3. The maximum absolute atomic E-state index is 13.8. The normalized spacial score (nSPS) is 24.4. The third kappa shape index (κ3) is 4.40. The number of nitrogens with one attached hydrogen (secondary N) is 1. The Labute approximate surface area is 195 Å². The van der Waals surface area contributed by atoms with Gasteiger partial charge in [-0.15, -0.1) is 0 Å². The van der Waals surface area contributed by atoms with E-state index in [2.05, 4.69) is 9.97 Å². The Morgan fingerprint density at radius 3 is 2.76 bits per heavy atom. The Balaban J connectivity index is 1.37. The molecule has 3 aliphatic rings. The Hall–Kier alpha value is -2.61. The fourth-order valence-electron chi connectivity index (χ4n) is 5.78. The van der Waals surface area contributed by atoms with Gasteiger partial charge in [0.2, 0.25) is 0 Å². The second kappa shape index (κ2) is 8.56. The van der Waals surface area contributed by atoms with E-state index in [0.717, 1.165) is 60.4 Å². The molecule has 1 fully saturated rings. The van der Waals surface area contributed by atoms with Crippen LogP contribution in [0, 0.1) is 0 Å². The molecule has 2 N–H and O–H groups in total. The van der Waals surface area contributed by atoms with E-state index < -0.39 is 23.3 Å². The van der Waals surface area contributed by atoms with Crippen LogP contribution in [-0.2, 0) is 28.7 Å². The molecule has 0 spiro atoms. The number of pyridine rings is 1. The summed E-state index contributed by atoms with van der Waals surface area (Å²) < 4.78 is 47.5. The van der Waals surface area contributed by atoms with Crippen molar-refractivity contribution < 1.29 is 27.8 Å². The lowest BCUT2D eigenvalue weighted by atomic mass is 9.95. The van der Waals surface area contributed by atoms with E-state index in [0.29, 0.717) is 12.0 Å². The predicted octanol–water partition coefficient (Wildman–Crippen LogP) is 4.53. The van der Waals surface area contributed by atoms with Crippen molar-refractivity contribution in [2.75, 3.05) is 0 Å². The van der Waals surface area contributed by atoms with Crippen molar-refractivity contribution in [2.24, 2.45) is 0 Å². The number of hydrogen-bond acceptors (Lipinski definition) is 3. The van der Waals surface area contributed by atoms with Crippen LogP contribution >= 0.6 is 0 Å². The van der Waals surface area contributed by atoms with Crippen molar-refractivity contribution in [1.82, 2.24) is 9.97 Å². The molecule has 2 unspecified atom stereocenters. The molecule has 0 saturated heterocycles. The lowest BCUT2D eigenvalue weighted by molar-refractivity contribution is -0.139. The van der Waals surface area contributed by atoms with Gasteiger partial charge in [-0.1, -0.05) is 18.9 Å². The first-order chi connectivity index (χ1) is 16.1. The number of hydrogen-bond donors (Lipinski definition) is 2. The first-order valence-corrected chi connectivity index (χ1v) is 12.0. The summed E-state index contributed by atoms with van der Waals surface area (Å²) in [6, 6.07) is 1.20. The zero-order valence-corrected chi connectivity index (χ0v) is 19.2. The van der Waals surface area contributed by atoms with E-state index in [-0.39, 0.29) is 30.6 Å². The highest BCUT2D eigenvalue weighted by Crippen LogP contribution is 2.41. The van der Waals surface area contributed by atoms with E-state index in [1.807, 2.05) is 19.1 Å². The summed E-state index contributed by atoms with van der Waals surface area (Å²) in [4.78, 5) is 18.8. The van der Waals surface area contributed by atoms with Crippen molar-refractivity contribution in [3.8, 4) is 0 Å². The number of carboxylic acids is 1. The molecule has 0 aliphatic heterocycles. The molecule has 5 nitrogen and oxygen atoms in total. The van der Waals surface area contributed by atoms with E-state index in [1.54, 1.807) is 0 Å². The maximum atomic E-state index is 13.8. The summed E-state index contributed by atoms with van der Waals surface area (Å²) in [5.74, 6) is -0.945. The van der Waals surface area contributed by atoms with Crippen molar-refractivity contribution >= 4 is 18.1 Å². The van der Waals surface area contributed by atoms with E-state index >= 15 is 0 Å². The Bertz CT molecular complexity index is 1230. The monoisotopic (exact) mass is 474 g/mol. The molecule has 8 heteroatoms. The van der Waals surface area contributed by atoms with Gasteiger partial charge in [0.25, 0.3) is 0 Å². The van der Waals surface area contributed by atoms with Gasteiger partial charge >= 0.3 is 12.1 Å². The molecular formula is C26H29F3N2O3. The Morgan fingerprint density at radius 2 is 2.06 bits per heavy atom. The number of aliphatic carboxylic acids is 1. The van der Waals surface area contributed by atoms with Crippen LogP contribution in [0.2, 0.25) is 0 Å². The molecule has 34 heavy (non-hydrogen) atoms. The number of carboxylic acid groups (broad SMARTS) is 1. The van der Waals surface area contributed by atoms with E-state index in [4.69, 9.17) is 4.74 Å². The van der Waals surface area contributed by atoms with Gasteiger partial charge in [-0.25, -0.2) is 0 Å². The zero-order valence-electron chi connectivity index (χ0n) is 19.2. The first kappa shape index (κ1) is 23.1. The fraction of sp³-hybridized carbons (Fsp3) is 0.538. The molecule has 2 heterocycles. The van der Waals surface area contributed by atoms with Gasteiger partial charge < -0.3 is 14.8 Å². The minimum absolute atomic E-state index is 0.0164. The standard InChI is InChI=1S/C26H29F3N2O3/c1-25(9-8-21-19(12-25)18-7-6-17(11-22(32)33)23(18)31-21)34-14-15-10-20(26(27,28)29)24(30-13-15)16-4-2-3-5-16/h8,10,12-13,16-17,31H,2-7,9,11,14H2,1H3,(H,32,33). The molecule has 2 atom stereocenters. The van der Waals surface area contributed by atoms with E-state index in [1.165, 1.54) is 12.3 Å². The first-order valence-electron chi connectivity index (χ1n) is 12.0. The second-order valence-electron chi connectivity index (χ2n) is 10.1. The highest BCUT2D eigenvalue weighted by atomic mass is 19.4. The summed E-state index contributed by atoms with van der Waals surface area (Å²) in [5.41, 5.74) is 1.40. The Morgan fingerprint density at radius 1 is 1.29 bits per heavy atom. The number of nitrogens with zero attached hydrogens (tertiary/aromatic N) is 1. The van der Waals surface area contributed by atoms with Crippen LogP contribution in [0.15, 0.2) is 12.3 Å².